The molecule has 25 heavy (non-hydrogen) atoms. The van der Waals surface area contributed by atoms with Crippen LogP contribution in [0.15, 0.2) is 29.3 Å². The Kier molecular flexibility index (Phi) is 9.43. The Morgan fingerprint density at radius 1 is 1.20 bits per heavy atom. The Morgan fingerprint density at radius 3 is 2.52 bits per heavy atom. The number of nitrogens with one attached hydrogen (secondary N) is 1. The van der Waals surface area contributed by atoms with Crippen LogP contribution in [0.5, 0.6) is 5.75 Å². The number of methoxy groups -OCH3 is 1. The van der Waals surface area contributed by atoms with E-state index >= 15 is 0 Å². The number of aliphatic imine (C=N–C) groups is 1. The zero-order valence-electron chi connectivity index (χ0n) is 15.0. The molecule has 0 spiro atoms. The third kappa shape index (κ3) is 6.55. The van der Waals surface area contributed by atoms with Crippen LogP contribution in [-0.4, -0.2) is 54.6 Å². The summed E-state index contributed by atoms with van der Waals surface area (Å²) in [7, 11) is 1.70. The third-order valence-electron chi connectivity index (χ3n) is 4.58. The van der Waals surface area contributed by atoms with Gasteiger partial charge in [-0.3, -0.25) is 4.99 Å². The van der Waals surface area contributed by atoms with Gasteiger partial charge in [-0.25, -0.2) is 0 Å². The van der Waals surface area contributed by atoms with E-state index in [4.69, 9.17) is 9.73 Å². The molecule has 1 unspecified atom stereocenters. The SMILES string of the molecule is COc1ccc(CC2(C)CN=C(SCCN3CCCC3)N2)cc1.Cl.Cl. The predicted molar refractivity (Wildman–Crippen MR) is 113 cm³/mol. The Bertz CT molecular complexity index is 550. The fourth-order valence-electron chi connectivity index (χ4n) is 3.24. The molecule has 1 aromatic carbocycles. The lowest BCUT2D eigenvalue weighted by molar-refractivity contribution is 0.362. The lowest BCUT2D eigenvalue weighted by Gasteiger charge is -2.25. The van der Waals surface area contributed by atoms with Crippen molar-refractivity contribution in [3.05, 3.63) is 29.8 Å². The van der Waals surface area contributed by atoms with E-state index in [9.17, 15) is 0 Å². The maximum atomic E-state index is 5.22. The van der Waals surface area contributed by atoms with Crippen molar-refractivity contribution >= 4 is 41.7 Å². The van der Waals surface area contributed by atoms with E-state index in [1.54, 1.807) is 7.11 Å². The number of halogens is 2. The number of ether oxygens (including phenoxy) is 1. The topological polar surface area (TPSA) is 36.9 Å². The molecule has 0 aromatic heterocycles. The average molecular weight is 406 g/mol. The smallest absolute Gasteiger partial charge is 0.157 e. The molecule has 2 aliphatic heterocycles. The summed E-state index contributed by atoms with van der Waals surface area (Å²) >= 11 is 1.87. The molecule has 0 bridgehead atoms. The Balaban J connectivity index is 0.00000156. The lowest BCUT2D eigenvalue weighted by Crippen LogP contribution is -2.44. The summed E-state index contributed by atoms with van der Waals surface area (Å²) in [5.41, 5.74) is 1.35. The van der Waals surface area contributed by atoms with Crippen molar-refractivity contribution in [1.29, 1.82) is 0 Å². The van der Waals surface area contributed by atoms with Gasteiger partial charge < -0.3 is 15.0 Å². The van der Waals surface area contributed by atoms with Gasteiger partial charge in [-0.1, -0.05) is 23.9 Å². The number of nitrogens with zero attached hydrogens (tertiary/aromatic N) is 2. The van der Waals surface area contributed by atoms with E-state index in [1.165, 1.54) is 38.0 Å². The summed E-state index contributed by atoms with van der Waals surface area (Å²) < 4.78 is 5.22. The summed E-state index contributed by atoms with van der Waals surface area (Å²) in [6.45, 7) is 6.84. The first-order valence-electron chi connectivity index (χ1n) is 8.48. The number of likely N-dealkylation sites (tertiary alicyclic amines) is 1. The molecule has 3 rings (SSSR count). The van der Waals surface area contributed by atoms with Crippen molar-refractivity contribution in [2.24, 2.45) is 4.99 Å². The minimum absolute atomic E-state index is 0. The van der Waals surface area contributed by atoms with Crippen LogP contribution in [-0.2, 0) is 6.42 Å². The zero-order valence-corrected chi connectivity index (χ0v) is 17.4. The number of rotatable bonds is 6. The molecule has 0 amide bonds. The van der Waals surface area contributed by atoms with Gasteiger partial charge in [0.1, 0.15) is 5.75 Å². The van der Waals surface area contributed by atoms with E-state index in [0.717, 1.165) is 29.6 Å². The molecule has 1 saturated heterocycles. The molecule has 7 heteroatoms. The highest BCUT2D eigenvalue weighted by molar-refractivity contribution is 8.13. The highest BCUT2D eigenvalue weighted by atomic mass is 35.5. The summed E-state index contributed by atoms with van der Waals surface area (Å²) in [4.78, 5) is 7.26. The molecule has 142 valence electrons. The van der Waals surface area contributed by atoms with Gasteiger partial charge in [0.25, 0.3) is 0 Å². The van der Waals surface area contributed by atoms with Crippen molar-refractivity contribution in [2.45, 2.75) is 31.7 Å². The van der Waals surface area contributed by atoms with Crippen molar-refractivity contribution in [3.8, 4) is 5.75 Å². The number of hydrogen-bond acceptors (Lipinski definition) is 5. The van der Waals surface area contributed by atoms with Gasteiger partial charge >= 0.3 is 0 Å². The molecule has 1 N–H and O–H groups in total. The highest BCUT2D eigenvalue weighted by Gasteiger charge is 2.30. The predicted octanol–water partition coefficient (Wildman–Crippen LogP) is 3.63. The summed E-state index contributed by atoms with van der Waals surface area (Å²) in [6.07, 6.45) is 3.71. The fourth-order valence-corrected chi connectivity index (χ4v) is 4.25. The number of thioether (sulfide) groups is 1. The zero-order chi connectivity index (χ0) is 16.1. The molecule has 0 radical (unpaired) electrons. The van der Waals surface area contributed by atoms with Crippen LogP contribution >= 0.6 is 36.6 Å². The van der Waals surface area contributed by atoms with Gasteiger partial charge in [0.05, 0.1) is 19.2 Å². The molecule has 0 saturated carbocycles. The number of amidine groups is 1. The minimum Gasteiger partial charge on any atom is -0.497 e. The average Bonchev–Trinajstić information content (AvgIpc) is 3.18. The second-order valence-electron chi connectivity index (χ2n) is 6.73. The normalized spacial score (nSPS) is 22.6. The molecular formula is C18H29Cl2N3OS. The minimum atomic E-state index is 0. The van der Waals surface area contributed by atoms with Gasteiger partial charge in [0, 0.05) is 12.3 Å². The fraction of sp³-hybridized carbons (Fsp3) is 0.611. The number of benzene rings is 1. The molecule has 4 nitrogen and oxygen atoms in total. The second kappa shape index (κ2) is 10.5. The second-order valence-corrected chi connectivity index (χ2v) is 7.81. The van der Waals surface area contributed by atoms with Crippen LogP contribution in [0.1, 0.15) is 25.3 Å². The Morgan fingerprint density at radius 2 is 1.88 bits per heavy atom. The quantitative estimate of drug-likeness (QED) is 0.783. The molecule has 0 aliphatic carbocycles. The maximum absolute atomic E-state index is 5.22. The Hall–Kier alpha value is -0.620. The largest absolute Gasteiger partial charge is 0.497 e. The van der Waals surface area contributed by atoms with Gasteiger partial charge in [-0.15, -0.1) is 24.8 Å². The first-order valence-corrected chi connectivity index (χ1v) is 9.46. The van der Waals surface area contributed by atoms with Crippen LogP contribution < -0.4 is 10.1 Å². The third-order valence-corrected chi connectivity index (χ3v) is 5.47. The first-order chi connectivity index (χ1) is 11.2. The van der Waals surface area contributed by atoms with Gasteiger partial charge in [0.2, 0.25) is 0 Å². The van der Waals surface area contributed by atoms with Crippen molar-refractivity contribution in [1.82, 2.24) is 10.2 Å². The maximum Gasteiger partial charge on any atom is 0.157 e. The van der Waals surface area contributed by atoms with Crippen LogP contribution in [0.4, 0.5) is 0 Å². The highest BCUT2D eigenvalue weighted by Crippen LogP contribution is 2.23. The van der Waals surface area contributed by atoms with Gasteiger partial charge in [-0.2, -0.15) is 0 Å². The van der Waals surface area contributed by atoms with Crippen LogP contribution in [0.25, 0.3) is 0 Å². The van der Waals surface area contributed by atoms with E-state index in [0.29, 0.717) is 0 Å². The summed E-state index contributed by atoms with van der Waals surface area (Å²) in [5, 5.41) is 4.74. The standard InChI is InChI=1S/C18H27N3OS.2ClH/c1-18(13-15-5-7-16(22-2)8-6-15)14-19-17(20-18)23-12-11-21-9-3-4-10-21;;/h5-8H,3-4,9-14H2,1-2H3,(H,19,20);2*1H. The van der Waals surface area contributed by atoms with Crippen molar-refractivity contribution in [2.75, 3.05) is 39.0 Å². The van der Waals surface area contributed by atoms with Gasteiger partial charge in [-0.05, 0) is 57.0 Å². The van der Waals surface area contributed by atoms with Crippen LogP contribution in [0, 0.1) is 0 Å². The summed E-state index contributed by atoms with van der Waals surface area (Å²) in [5.74, 6) is 2.04. The van der Waals surface area contributed by atoms with E-state index in [-0.39, 0.29) is 30.4 Å². The van der Waals surface area contributed by atoms with E-state index < -0.39 is 0 Å². The van der Waals surface area contributed by atoms with Crippen LogP contribution in [0.2, 0.25) is 0 Å². The lowest BCUT2D eigenvalue weighted by atomic mass is 9.94. The molecule has 1 fully saturated rings. The molecule has 2 aliphatic rings. The van der Waals surface area contributed by atoms with E-state index in [1.807, 2.05) is 23.9 Å². The summed E-state index contributed by atoms with van der Waals surface area (Å²) in [6, 6.07) is 8.34. The molecule has 2 heterocycles. The Labute approximate surface area is 168 Å². The first kappa shape index (κ1) is 22.4. The molecule has 1 aromatic rings. The molecule has 1 atom stereocenters. The monoisotopic (exact) mass is 405 g/mol. The van der Waals surface area contributed by atoms with E-state index in [2.05, 4.69) is 29.3 Å². The molecular weight excluding hydrogens is 377 g/mol. The van der Waals surface area contributed by atoms with Crippen molar-refractivity contribution < 1.29 is 4.74 Å². The van der Waals surface area contributed by atoms with Gasteiger partial charge in [0.15, 0.2) is 5.17 Å². The van der Waals surface area contributed by atoms with Crippen LogP contribution in [0.3, 0.4) is 0 Å². The van der Waals surface area contributed by atoms with Crippen molar-refractivity contribution in [3.63, 3.8) is 0 Å². The number of hydrogen-bond donors (Lipinski definition) is 1.